The fourth-order valence-corrected chi connectivity index (χ4v) is 3.55. The molecule has 1 fully saturated rings. The lowest BCUT2D eigenvalue weighted by molar-refractivity contribution is 0.205. The molecule has 0 aliphatic carbocycles. The van der Waals surface area contributed by atoms with E-state index < -0.39 is 0 Å². The van der Waals surface area contributed by atoms with Crippen LogP contribution in [0.15, 0.2) is 18.2 Å². The van der Waals surface area contributed by atoms with Gasteiger partial charge in [-0.1, -0.05) is 6.07 Å². The summed E-state index contributed by atoms with van der Waals surface area (Å²) >= 11 is 0. The Morgan fingerprint density at radius 2 is 1.84 bits per heavy atom. The number of hydrogen-bond acceptors (Lipinski definition) is 2. The molecule has 1 aliphatic rings. The highest BCUT2D eigenvalue weighted by molar-refractivity contribution is 5.53. The average molecular weight is 261 g/mol. The topological polar surface area (TPSA) is 23.5 Å². The van der Waals surface area contributed by atoms with Gasteiger partial charge in [0, 0.05) is 24.4 Å². The van der Waals surface area contributed by atoms with E-state index in [0.29, 0.717) is 12.5 Å². The van der Waals surface area contributed by atoms with E-state index in [2.05, 4.69) is 50.8 Å². The largest absolute Gasteiger partial charge is 0.396 e. The van der Waals surface area contributed by atoms with Crippen LogP contribution in [0.2, 0.25) is 0 Å². The molecule has 2 rings (SSSR count). The van der Waals surface area contributed by atoms with E-state index in [1.165, 1.54) is 29.7 Å². The van der Waals surface area contributed by atoms with Crippen molar-refractivity contribution in [2.45, 2.75) is 52.5 Å². The summed E-state index contributed by atoms with van der Waals surface area (Å²) in [5, 5.41) is 9.13. The minimum Gasteiger partial charge on any atom is -0.396 e. The summed E-state index contributed by atoms with van der Waals surface area (Å²) in [5.41, 5.74) is 4.20. The van der Waals surface area contributed by atoms with Crippen LogP contribution >= 0.6 is 0 Å². The van der Waals surface area contributed by atoms with E-state index in [1.54, 1.807) is 0 Å². The molecule has 1 heterocycles. The lowest BCUT2D eigenvalue weighted by Crippen LogP contribution is -2.50. The molecular formula is C17H27NO. The molecule has 0 bridgehead atoms. The summed E-state index contributed by atoms with van der Waals surface area (Å²) in [5.74, 6) is 0.669. The van der Waals surface area contributed by atoms with E-state index in [-0.39, 0.29) is 5.54 Å². The molecule has 0 saturated carbocycles. The molecular weight excluding hydrogens is 234 g/mol. The van der Waals surface area contributed by atoms with Gasteiger partial charge in [-0.3, -0.25) is 0 Å². The summed E-state index contributed by atoms with van der Waals surface area (Å²) in [6.07, 6.45) is 3.31. The van der Waals surface area contributed by atoms with E-state index in [0.717, 1.165) is 13.0 Å². The minimum absolute atomic E-state index is 0.179. The lowest BCUT2D eigenvalue weighted by atomic mass is 9.80. The number of anilines is 1. The van der Waals surface area contributed by atoms with Gasteiger partial charge in [0.2, 0.25) is 0 Å². The Kier molecular flexibility index (Phi) is 4.19. The van der Waals surface area contributed by atoms with Crippen LogP contribution in [0.3, 0.4) is 0 Å². The van der Waals surface area contributed by atoms with Gasteiger partial charge in [-0.15, -0.1) is 0 Å². The molecule has 2 nitrogen and oxygen atoms in total. The molecule has 0 radical (unpaired) electrons. The summed E-state index contributed by atoms with van der Waals surface area (Å²) < 4.78 is 0. The summed E-state index contributed by atoms with van der Waals surface area (Å²) in [6, 6.07) is 6.82. The first-order valence-corrected chi connectivity index (χ1v) is 7.39. The van der Waals surface area contributed by atoms with Crippen LogP contribution in [0.1, 0.15) is 44.2 Å². The molecule has 1 aromatic carbocycles. The van der Waals surface area contributed by atoms with Crippen molar-refractivity contribution in [1.82, 2.24) is 0 Å². The monoisotopic (exact) mass is 261 g/mol. The molecule has 1 saturated heterocycles. The normalized spacial score (nSPS) is 22.6. The fourth-order valence-electron chi connectivity index (χ4n) is 3.55. The van der Waals surface area contributed by atoms with Gasteiger partial charge in [0.25, 0.3) is 0 Å². The highest BCUT2D eigenvalue weighted by Crippen LogP contribution is 2.37. The maximum atomic E-state index is 9.13. The Bertz CT molecular complexity index is 419. The highest BCUT2D eigenvalue weighted by Gasteiger charge is 2.34. The number of piperidine rings is 1. The quantitative estimate of drug-likeness (QED) is 0.897. The molecule has 2 heteroatoms. The first-order chi connectivity index (χ1) is 8.92. The van der Waals surface area contributed by atoms with Crippen LogP contribution in [0.25, 0.3) is 0 Å². The van der Waals surface area contributed by atoms with Gasteiger partial charge in [0.15, 0.2) is 0 Å². The molecule has 106 valence electrons. The maximum absolute atomic E-state index is 9.13. The predicted molar refractivity (Wildman–Crippen MR) is 81.8 cm³/mol. The Morgan fingerprint density at radius 1 is 1.21 bits per heavy atom. The van der Waals surface area contributed by atoms with Crippen LogP contribution in [0.4, 0.5) is 5.69 Å². The van der Waals surface area contributed by atoms with Crippen molar-refractivity contribution in [2.24, 2.45) is 5.92 Å². The first kappa shape index (κ1) is 14.4. The Balaban J connectivity index is 2.21. The van der Waals surface area contributed by atoms with Gasteiger partial charge in [0.05, 0.1) is 0 Å². The molecule has 1 unspecified atom stereocenters. The second-order valence-corrected chi connectivity index (χ2v) is 6.68. The summed E-state index contributed by atoms with van der Waals surface area (Å²) in [7, 11) is 0. The molecule has 1 aromatic rings. The van der Waals surface area contributed by atoms with Gasteiger partial charge >= 0.3 is 0 Å². The molecule has 19 heavy (non-hydrogen) atoms. The van der Waals surface area contributed by atoms with Crippen molar-refractivity contribution in [3.05, 3.63) is 29.3 Å². The maximum Gasteiger partial charge on any atom is 0.0433 e. The Morgan fingerprint density at radius 3 is 2.37 bits per heavy atom. The van der Waals surface area contributed by atoms with E-state index >= 15 is 0 Å². The zero-order chi connectivity index (χ0) is 14.0. The number of aliphatic hydroxyl groups excluding tert-OH is 1. The second kappa shape index (κ2) is 5.54. The highest BCUT2D eigenvalue weighted by atomic mass is 16.3. The SMILES string of the molecule is Cc1cc(C)cc(N2CCC(CCO)CC2(C)C)c1. The Hall–Kier alpha value is -1.02. The molecule has 0 spiro atoms. The average Bonchev–Trinajstić information content (AvgIpc) is 2.26. The molecule has 1 N–H and O–H groups in total. The number of aryl methyl sites for hydroxylation is 2. The van der Waals surface area contributed by atoms with Crippen molar-refractivity contribution < 1.29 is 5.11 Å². The number of hydrogen-bond donors (Lipinski definition) is 1. The number of benzene rings is 1. The third-order valence-corrected chi connectivity index (χ3v) is 4.34. The van der Waals surface area contributed by atoms with E-state index in [9.17, 15) is 0 Å². The lowest BCUT2D eigenvalue weighted by Gasteiger charge is -2.47. The second-order valence-electron chi connectivity index (χ2n) is 6.68. The molecule has 1 atom stereocenters. The third-order valence-electron chi connectivity index (χ3n) is 4.34. The molecule has 0 amide bonds. The number of nitrogens with zero attached hydrogens (tertiary/aromatic N) is 1. The number of rotatable bonds is 3. The van der Waals surface area contributed by atoms with Gasteiger partial charge < -0.3 is 10.0 Å². The van der Waals surface area contributed by atoms with Gasteiger partial charge in [-0.05, 0) is 76.1 Å². The standard InChI is InChI=1S/C17H27NO/c1-13-9-14(2)11-16(10-13)18-7-5-15(6-8-19)12-17(18,3)4/h9-11,15,19H,5-8,12H2,1-4H3. The van der Waals surface area contributed by atoms with Crippen LogP contribution in [-0.4, -0.2) is 23.8 Å². The van der Waals surface area contributed by atoms with Crippen LogP contribution in [0, 0.1) is 19.8 Å². The van der Waals surface area contributed by atoms with E-state index in [4.69, 9.17) is 5.11 Å². The van der Waals surface area contributed by atoms with Crippen LogP contribution in [0.5, 0.6) is 0 Å². The zero-order valence-corrected chi connectivity index (χ0v) is 12.7. The smallest absolute Gasteiger partial charge is 0.0433 e. The van der Waals surface area contributed by atoms with Crippen LogP contribution in [-0.2, 0) is 0 Å². The van der Waals surface area contributed by atoms with Crippen molar-refractivity contribution in [2.75, 3.05) is 18.1 Å². The minimum atomic E-state index is 0.179. The molecule has 1 aliphatic heterocycles. The fraction of sp³-hybridized carbons (Fsp3) is 0.647. The summed E-state index contributed by atoms with van der Waals surface area (Å²) in [6.45, 7) is 10.4. The predicted octanol–water partition coefficient (Wildman–Crippen LogP) is 3.68. The van der Waals surface area contributed by atoms with Gasteiger partial charge in [-0.2, -0.15) is 0 Å². The van der Waals surface area contributed by atoms with Crippen molar-refractivity contribution >= 4 is 5.69 Å². The third kappa shape index (κ3) is 3.30. The van der Waals surface area contributed by atoms with Gasteiger partial charge in [-0.25, -0.2) is 0 Å². The van der Waals surface area contributed by atoms with Crippen molar-refractivity contribution in [3.63, 3.8) is 0 Å². The van der Waals surface area contributed by atoms with Crippen molar-refractivity contribution in [1.29, 1.82) is 0 Å². The molecule has 0 aromatic heterocycles. The van der Waals surface area contributed by atoms with Gasteiger partial charge in [0.1, 0.15) is 0 Å². The van der Waals surface area contributed by atoms with E-state index in [1.807, 2.05) is 0 Å². The van der Waals surface area contributed by atoms with Crippen LogP contribution < -0.4 is 4.90 Å². The zero-order valence-electron chi connectivity index (χ0n) is 12.7. The van der Waals surface area contributed by atoms with Crippen molar-refractivity contribution in [3.8, 4) is 0 Å². The number of aliphatic hydroxyl groups is 1. The first-order valence-electron chi connectivity index (χ1n) is 7.39. The Labute approximate surface area is 117 Å². The summed E-state index contributed by atoms with van der Waals surface area (Å²) in [4.78, 5) is 2.54.